The molecule has 0 radical (unpaired) electrons. The zero-order chi connectivity index (χ0) is 13.5. The Morgan fingerprint density at radius 3 is 0.611 bits per heavy atom. The molecule has 0 saturated carbocycles. The molecule has 0 aromatic carbocycles. The normalized spacial score (nSPS) is 9.83. The molecule has 0 amide bonds. The Kier molecular flexibility index (Phi) is 39.0. The molecule has 0 aromatic heterocycles. The second-order valence-electron chi connectivity index (χ2n) is 1.29. The summed E-state index contributed by atoms with van der Waals surface area (Å²) >= 11 is 11.9. The van der Waals surface area contributed by atoms with Gasteiger partial charge in [0.2, 0.25) is 0 Å². The Morgan fingerprint density at radius 2 is 0.611 bits per heavy atom. The Hall–Kier alpha value is 4.92. The van der Waals surface area contributed by atoms with Crippen molar-refractivity contribution in [3.63, 3.8) is 0 Å². The van der Waals surface area contributed by atoms with Crippen molar-refractivity contribution >= 4 is 164 Å². The fourth-order valence-corrected chi connectivity index (χ4v) is 0. The zero-order valence-electron chi connectivity index (χ0n) is 8.27. The molecule has 0 heterocycles. The summed E-state index contributed by atoms with van der Waals surface area (Å²) < 4.78 is 26.6. The Bertz CT molecular complexity index is 223. The molecule has 0 saturated heterocycles. The van der Waals surface area contributed by atoms with E-state index in [1.807, 2.05) is 0 Å². The molecule has 0 aliphatic heterocycles. The van der Waals surface area contributed by atoms with Crippen molar-refractivity contribution in [3.05, 3.63) is 0 Å². The largest absolute Gasteiger partial charge is 2.00 e. The van der Waals surface area contributed by atoms with Gasteiger partial charge in [-0.25, -0.2) is 0 Å². The molecule has 0 fully saturated rings. The third-order valence-corrected chi connectivity index (χ3v) is 0. The van der Waals surface area contributed by atoms with E-state index in [0.29, 0.717) is 0 Å². The van der Waals surface area contributed by atoms with Crippen LogP contribution < -0.4 is 29.4 Å². The maximum atomic E-state index is 8.87. The number of rotatable bonds is 0. The summed E-state index contributed by atoms with van der Waals surface area (Å²) in [5, 5.41) is 0. The van der Waals surface area contributed by atoms with Crippen LogP contribution in [0.1, 0.15) is 0 Å². The van der Waals surface area contributed by atoms with Crippen molar-refractivity contribution < 1.29 is 43.1 Å². The van der Waals surface area contributed by atoms with Gasteiger partial charge in [-0.15, -0.1) is 0 Å². The van der Waals surface area contributed by atoms with E-state index in [1.54, 1.807) is 0 Å². The van der Waals surface area contributed by atoms with Gasteiger partial charge in [0.25, 0.3) is 0 Å². The van der Waals surface area contributed by atoms with Crippen molar-refractivity contribution in [3.8, 4) is 0 Å². The van der Waals surface area contributed by atoms with Crippen molar-refractivity contribution in [2.75, 3.05) is 0 Å². The maximum Gasteiger partial charge on any atom is 2.00 e. The summed E-state index contributed by atoms with van der Waals surface area (Å²) in [6, 6.07) is 0. The summed E-state index contributed by atoms with van der Waals surface area (Å²) in [6.45, 7) is -14.0. The third-order valence-electron chi connectivity index (χ3n) is 0. The van der Waals surface area contributed by atoms with Gasteiger partial charge in [-0.2, -0.15) is 0 Å². The van der Waals surface area contributed by atoms with E-state index in [-0.39, 0.29) is 110 Å². The molecule has 0 aliphatic rings. The van der Waals surface area contributed by atoms with Crippen LogP contribution in [0, 0.1) is 0 Å². The van der Waals surface area contributed by atoms with E-state index in [9.17, 15) is 0 Å². The molecule has 0 rings (SSSR count). The van der Waals surface area contributed by atoms with Gasteiger partial charge >= 0.3 is 110 Å². The minimum atomic E-state index is -4.67. The van der Waals surface area contributed by atoms with Gasteiger partial charge in [-0.05, 0) is 0 Å². The molecule has 96 valence electrons. The fraction of sp³-hybridized carbons (Fsp3) is 0. The molecule has 18 heavy (non-hydrogen) atoms. The molecule has 0 atom stereocenters. The van der Waals surface area contributed by atoms with Crippen molar-refractivity contribution in [2.24, 2.45) is 0 Å². The molecule has 0 N–H and O–H groups in total. The van der Waals surface area contributed by atoms with Gasteiger partial charge in [0.1, 0.15) is 0 Å². The predicted octanol–water partition coefficient (Wildman–Crippen LogP) is -3.98. The van der Waals surface area contributed by atoms with E-state index in [1.165, 1.54) is 0 Å². The smallest absolute Gasteiger partial charge is 0.799 e. The molecular formula is BaCaCl3MgO9P3. The maximum absolute atomic E-state index is 8.87. The molecule has 0 unspecified atom stereocenters. The van der Waals surface area contributed by atoms with Crippen LogP contribution in [-0.4, -0.2) is 110 Å². The standard InChI is InChI=1S/Ba.Ca.3ClH2O3P.Mg/c;;3*1-5(2,3)4;/h;;3*(H2,2,3,4);/q2*+2;;;;+2/p-6. The summed E-state index contributed by atoms with van der Waals surface area (Å²) in [4.78, 5) is 53.2. The molecular weight excluding hydrogens is 545 g/mol. The minimum absolute atomic E-state index is 0. The molecule has 0 aromatic rings. The Balaban J connectivity index is -0.0000000277. The van der Waals surface area contributed by atoms with E-state index in [4.69, 9.17) is 43.1 Å². The van der Waals surface area contributed by atoms with Crippen LogP contribution in [0.5, 0.6) is 0 Å². The molecule has 0 bridgehead atoms. The SMILES string of the molecule is O=P([O-])([O-])Cl.O=P([O-])([O-])Cl.O=P([O-])([O-])Cl.[Ba+2].[Ca+2].[Mg+2]. The third kappa shape index (κ3) is 343. The predicted molar refractivity (Wildman–Crippen MR) is 57.6 cm³/mol. The van der Waals surface area contributed by atoms with Crippen molar-refractivity contribution in [1.29, 1.82) is 0 Å². The number of hydrogen-bond donors (Lipinski definition) is 0. The average molecular weight is 545 g/mol. The van der Waals surface area contributed by atoms with Crippen LogP contribution in [0.15, 0.2) is 0 Å². The van der Waals surface area contributed by atoms with Gasteiger partial charge in [0.15, 0.2) is 0 Å². The van der Waals surface area contributed by atoms with Crippen molar-refractivity contribution in [1.82, 2.24) is 0 Å². The first-order chi connectivity index (χ1) is 6.00. The van der Waals surface area contributed by atoms with Crippen LogP contribution in [-0.2, 0) is 13.7 Å². The van der Waals surface area contributed by atoms with E-state index in [0.717, 1.165) is 0 Å². The van der Waals surface area contributed by atoms with E-state index >= 15 is 0 Å². The Labute approximate surface area is 203 Å². The van der Waals surface area contributed by atoms with Gasteiger partial charge in [0.05, 0.1) is 0 Å². The van der Waals surface area contributed by atoms with Gasteiger partial charge in [0, 0.05) is 20.8 Å². The average Bonchev–Trinajstić information content (AvgIpc) is 1.41. The monoisotopic (exact) mass is 544 g/mol. The second-order valence-corrected chi connectivity index (χ2v) is 7.60. The molecule has 9 nitrogen and oxygen atoms in total. The number of hydrogen-bond acceptors (Lipinski definition) is 9. The van der Waals surface area contributed by atoms with E-state index in [2.05, 4.69) is 33.7 Å². The Morgan fingerprint density at radius 1 is 0.611 bits per heavy atom. The minimum Gasteiger partial charge on any atom is -0.799 e. The quantitative estimate of drug-likeness (QED) is 0.216. The zero-order valence-corrected chi connectivity index (χ0v) is 21.3. The van der Waals surface area contributed by atoms with Crippen LogP contribution in [0.3, 0.4) is 0 Å². The molecule has 18 heteroatoms. The summed E-state index contributed by atoms with van der Waals surface area (Å²) in [7, 11) is 0. The van der Waals surface area contributed by atoms with Crippen LogP contribution in [0.2, 0.25) is 0 Å². The van der Waals surface area contributed by atoms with Gasteiger partial charge in [-0.3, -0.25) is 0 Å². The first kappa shape index (κ1) is 38.5. The van der Waals surface area contributed by atoms with Gasteiger partial charge in [-0.1, -0.05) is 33.7 Å². The van der Waals surface area contributed by atoms with Crippen molar-refractivity contribution in [2.45, 2.75) is 0 Å². The topological polar surface area (TPSA) is 190 Å². The first-order valence-corrected chi connectivity index (χ1v) is 9.49. The molecule has 0 spiro atoms. The van der Waals surface area contributed by atoms with Crippen LogP contribution in [0.4, 0.5) is 0 Å². The summed E-state index contributed by atoms with van der Waals surface area (Å²) in [5.41, 5.74) is 0. The fourth-order valence-electron chi connectivity index (χ4n) is 0. The second kappa shape index (κ2) is 18.3. The van der Waals surface area contributed by atoms with Crippen LogP contribution in [0.25, 0.3) is 0 Å². The van der Waals surface area contributed by atoms with Gasteiger partial charge < -0.3 is 43.1 Å². The van der Waals surface area contributed by atoms with Crippen LogP contribution >= 0.6 is 54.6 Å². The van der Waals surface area contributed by atoms with E-state index < -0.39 is 20.8 Å². The first-order valence-electron chi connectivity index (χ1n) is 2.15. The summed E-state index contributed by atoms with van der Waals surface area (Å²) in [6.07, 6.45) is 0. The molecule has 0 aliphatic carbocycles. The summed E-state index contributed by atoms with van der Waals surface area (Å²) in [5.74, 6) is 0. The number of halogens is 3.